The molecule has 1 saturated heterocycles. The van der Waals surface area contributed by atoms with Gasteiger partial charge in [0.15, 0.2) is 0 Å². The summed E-state index contributed by atoms with van der Waals surface area (Å²) in [7, 11) is 2.08. The highest BCUT2D eigenvalue weighted by molar-refractivity contribution is 5.93. The number of nitrogens with one attached hydrogen (secondary N) is 1. The van der Waals surface area contributed by atoms with E-state index in [9.17, 15) is 4.79 Å². The summed E-state index contributed by atoms with van der Waals surface area (Å²) in [5, 5.41) is 3.12. The molecule has 1 aliphatic heterocycles. The van der Waals surface area contributed by atoms with Gasteiger partial charge in [-0.05, 0) is 44.0 Å². The zero-order valence-electron chi connectivity index (χ0n) is 18.4. The van der Waals surface area contributed by atoms with Crippen molar-refractivity contribution in [3.63, 3.8) is 0 Å². The van der Waals surface area contributed by atoms with Gasteiger partial charge in [0.25, 0.3) is 0 Å². The van der Waals surface area contributed by atoms with Gasteiger partial charge in [-0.2, -0.15) is 0 Å². The van der Waals surface area contributed by atoms with Crippen molar-refractivity contribution >= 4 is 22.6 Å². The van der Waals surface area contributed by atoms with E-state index in [1.54, 1.807) is 0 Å². The number of piperazine rings is 1. The zero-order chi connectivity index (χ0) is 21.3. The fourth-order valence-corrected chi connectivity index (χ4v) is 4.40. The largest absolute Gasteiger partial charge is 0.330 e. The topological polar surface area (TPSA) is 53.4 Å². The van der Waals surface area contributed by atoms with Gasteiger partial charge in [0.05, 0.1) is 24.1 Å². The van der Waals surface area contributed by atoms with Gasteiger partial charge in [-0.25, -0.2) is 4.98 Å². The van der Waals surface area contributed by atoms with Crippen molar-refractivity contribution in [1.29, 1.82) is 0 Å². The summed E-state index contributed by atoms with van der Waals surface area (Å²) in [6.07, 6.45) is 0. The minimum atomic E-state index is 0.0638. The van der Waals surface area contributed by atoms with E-state index in [0.717, 1.165) is 60.9 Å². The van der Waals surface area contributed by atoms with E-state index >= 15 is 0 Å². The van der Waals surface area contributed by atoms with Crippen molar-refractivity contribution in [2.75, 3.05) is 38.0 Å². The van der Waals surface area contributed by atoms with Crippen LogP contribution in [0.3, 0.4) is 0 Å². The third kappa shape index (κ3) is 4.40. The molecule has 30 heavy (non-hydrogen) atoms. The van der Waals surface area contributed by atoms with Gasteiger partial charge in [-0.1, -0.05) is 29.8 Å². The van der Waals surface area contributed by atoms with Crippen molar-refractivity contribution in [2.45, 2.75) is 27.3 Å². The Kier molecular flexibility index (Phi) is 5.88. The number of carbonyl (C=O) groups is 1. The van der Waals surface area contributed by atoms with Crippen LogP contribution in [0.4, 0.5) is 5.69 Å². The number of fused-ring (bicyclic) bond motifs is 1. The fraction of sp³-hybridized carbons (Fsp3) is 0.417. The maximum absolute atomic E-state index is 12.6. The summed E-state index contributed by atoms with van der Waals surface area (Å²) >= 11 is 0. The molecule has 0 bridgehead atoms. The minimum Gasteiger partial charge on any atom is -0.330 e. The predicted molar refractivity (Wildman–Crippen MR) is 122 cm³/mol. The molecule has 2 heterocycles. The Morgan fingerprint density at radius 1 is 1.00 bits per heavy atom. The van der Waals surface area contributed by atoms with Crippen molar-refractivity contribution in [3.8, 4) is 0 Å². The Morgan fingerprint density at radius 3 is 2.30 bits per heavy atom. The highest BCUT2D eigenvalue weighted by Crippen LogP contribution is 2.22. The summed E-state index contributed by atoms with van der Waals surface area (Å²) in [4.78, 5) is 22.0. The summed E-state index contributed by atoms with van der Waals surface area (Å²) in [6.45, 7) is 11.1. The van der Waals surface area contributed by atoms with Gasteiger partial charge in [0.2, 0.25) is 5.91 Å². The third-order valence-corrected chi connectivity index (χ3v) is 6.02. The molecule has 6 nitrogen and oxygen atoms in total. The number of anilines is 1. The number of hydrogen-bond acceptors (Lipinski definition) is 4. The molecule has 6 heteroatoms. The maximum Gasteiger partial charge on any atom is 0.238 e. The number of para-hydroxylation sites is 2. The molecule has 0 radical (unpaired) electrons. The first-order valence-electron chi connectivity index (χ1n) is 10.6. The molecular weight excluding hydrogens is 374 g/mol. The Hall–Kier alpha value is -2.70. The molecule has 0 aliphatic carbocycles. The summed E-state index contributed by atoms with van der Waals surface area (Å²) < 4.78 is 2.18. The molecule has 1 fully saturated rings. The molecule has 4 rings (SSSR count). The average Bonchev–Trinajstić information content (AvgIpc) is 3.02. The monoisotopic (exact) mass is 405 g/mol. The highest BCUT2D eigenvalue weighted by Gasteiger charge is 2.21. The van der Waals surface area contributed by atoms with E-state index in [-0.39, 0.29) is 5.91 Å². The number of imidazole rings is 1. The SMILES string of the molecule is Cc1cc(C)c(NC(=O)CN2CCN(Cc3nc4ccccc4n3C)CC2)c(C)c1. The molecule has 3 aromatic rings. The second kappa shape index (κ2) is 8.58. The van der Waals surface area contributed by atoms with Crippen molar-refractivity contribution in [1.82, 2.24) is 19.4 Å². The van der Waals surface area contributed by atoms with Gasteiger partial charge < -0.3 is 9.88 Å². The molecule has 0 unspecified atom stereocenters. The van der Waals surface area contributed by atoms with Crippen molar-refractivity contribution < 1.29 is 4.79 Å². The van der Waals surface area contributed by atoms with Crippen LogP contribution in [0.2, 0.25) is 0 Å². The van der Waals surface area contributed by atoms with Crippen LogP contribution in [0.1, 0.15) is 22.5 Å². The Morgan fingerprint density at radius 2 is 1.63 bits per heavy atom. The summed E-state index contributed by atoms with van der Waals surface area (Å²) in [5.74, 6) is 1.15. The smallest absolute Gasteiger partial charge is 0.238 e. The van der Waals surface area contributed by atoms with Crippen LogP contribution in [0.15, 0.2) is 36.4 Å². The lowest BCUT2D eigenvalue weighted by atomic mass is 10.1. The first-order valence-corrected chi connectivity index (χ1v) is 10.6. The number of hydrogen-bond donors (Lipinski definition) is 1. The van der Waals surface area contributed by atoms with E-state index in [0.29, 0.717) is 6.54 Å². The van der Waals surface area contributed by atoms with E-state index in [1.165, 1.54) is 11.1 Å². The number of nitrogens with zero attached hydrogens (tertiary/aromatic N) is 4. The highest BCUT2D eigenvalue weighted by atomic mass is 16.2. The Balaban J connectivity index is 1.30. The van der Waals surface area contributed by atoms with Crippen molar-refractivity contribution in [3.05, 3.63) is 58.9 Å². The van der Waals surface area contributed by atoms with Crippen LogP contribution in [-0.2, 0) is 18.4 Å². The second-order valence-electron chi connectivity index (χ2n) is 8.45. The van der Waals surface area contributed by atoms with E-state index in [1.807, 2.05) is 6.07 Å². The maximum atomic E-state index is 12.6. The number of carbonyl (C=O) groups excluding carboxylic acids is 1. The minimum absolute atomic E-state index is 0.0638. The molecule has 0 atom stereocenters. The van der Waals surface area contributed by atoms with Crippen LogP contribution in [0.25, 0.3) is 11.0 Å². The first kappa shape index (κ1) is 20.6. The molecule has 1 amide bonds. The van der Waals surface area contributed by atoms with Crippen LogP contribution < -0.4 is 5.32 Å². The summed E-state index contributed by atoms with van der Waals surface area (Å²) in [5.41, 5.74) is 6.63. The molecule has 0 spiro atoms. The molecule has 1 aromatic heterocycles. The van der Waals surface area contributed by atoms with E-state index in [4.69, 9.17) is 4.98 Å². The van der Waals surface area contributed by atoms with E-state index < -0.39 is 0 Å². The second-order valence-corrected chi connectivity index (χ2v) is 8.45. The molecule has 2 aromatic carbocycles. The molecule has 1 N–H and O–H groups in total. The van der Waals surface area contributed by atoms with Gasteiger partial charge in [-0.15, -0.1) is 0 Å². The first-order chi connectivity index (χ1) is 14.4. The van der Waals surface area contributed by atoms with Crippen LogP contribution in [0.5, 0.6) is 0 Å². The van der Waals surface area contributed by atoms with Gasteiger partial charge in [-0.3, -0.25) is 14.6 Å². The molecule has 1 aliphatic rings. The zero-order valence-corrected chi connectivity index (χ0v) is 18.4. The molecule has 158 valence electrons. The molecule has 0 saturated carbocycles. The average molecular weight is 406 g/mol. The number of benzene rings is 2. The lowest BCUT2D eigenvalue weighted by Crippen LogP contribution is -2.48. The Bertz CT molecular complexity index is 1040. The van der Waals surface area contributed by atoms with Gasteiger partial charge in [0.1, 0.15) is 5.82 Å². The lowest BCUT2D eigenvalue weighted by Gasteiger charge is -2.34. The van der Waals surface area contributed by atoms with Gasteiger partial charge in [0, 0.05) is 38.9 Å². The lowest BCUT2D eigenvalue weighted by molar-refractivity contribution is -0.117. The van der Waals surface area contributed by atoms with Crippen molar-refractivity contribution in [2.24, 2.45) is 7.05 Å². The van der Waals surface area contributed by atoms with Gasteiger partial charge >= 0.3 is 0 Å². The number of amides is 1. The third-order valence-electron chi connectivity index (χ3n) is 6.02. The predicted octanol–water partition coefficient (Wildman–Crippen LogP) is 3.25. The standard InChI is InChI=1S/C24H31N5O/c1-17-13-18(2)24(19(3)14-17)26-23(30)16-29-11-9-28(10-12-29)15-22-25-20-7-5-6-8-21(20)27(22)4/h5-8,13-14H,9-12,15-16H2,1-4H3,(H,26,30). The normalized spacial score (nSPS) is 15.6. The van der Waals surface area contributed by atoms with Crippen LogP contribution in [-0.4, -0.2) is 58.0 Å². The Labute approximate surface area is 178 Å². The quantitative estimate of drug-likeness (QED) is 0.708. The molecular formula is C24H31N5O. The number of rotatable bonds is 5. The van der Waals surface area contributed by atoms with Crippen LogP contribution >= 0.6 is 0 Å². The summed E-state index contributed by atoms with van der Waals surface area (Å²) in [6, 6.07) is 12.5. The van der Waals surface area contributed by atoms with E-state index in [2.05, 4.69) is 77.8 Å². The van der Waals surface area contributed by atoms with Crippen LogP contribution in [0, 0.1) is 20.8 Å². The number of aromatic nitrogens is 2. The fourth-order valence-electron chi connectivity index (χ4n) is 4.40. The number of aryl methyl sites for hydroxylation is 4.